The van der Waals surface area contributed by atoms with Crippen LogP contribution in [0.25, 0.3) is 4.96 Å². The number of methoxy groups -OCH3 is 1. The van der Waals surface area contributed by atoms with E-state index in [1.54, 1.807) is 11.6 Å². The van der Waals surface area contributed by atoms with E-state index in [1.165, 1.54) is 24.2 Å². The zero-order valence-corrected chi connectivity index (χ0v) is 15.3. The van der Waals surface area contributed by atoms with Crippen molar-refractivity contribution in [1.29, 1.82) is 0 Å². The molecule has 1 saturated heterocycles. The first-order valence-electron chi connectivity index (χ1n) is 8.66. The van der Waals surface area contributed by atoms with Gasteiger partial charge in [0, 0.05) is 6.42 Å². The number of benzene rings is 1. The van der Waals surface area contributed by atoms with Gasteiger partial charge in [-0.15, -0.1) is 5.10 Å². The molecule has 6 nitrogen and oxygen atoms in total. The van der Waals surface area contributed by atoms with Crippen LogP contribution in [0.3, 0.4) is 0 Å². The van der Waals surface area contributed by atoms with Crippen LogP contribution in [-0.4, -0.2) is 44.8 Å². The zero-order valence-electron chi connectivity index (χ0n) is 14.5. The van der Waals surface area contributed by atoms with Gasteiger partial charge in [0.05, 0.1) is 18.0 Å². The van der Waals surface area contributed by atoms with Crippen LogP contribution in [0.15, 0.2) is 24.3 Å². The molecule has 25 heavy (non-hydrogen) atoms. The second-order valence-electron chi connectivity index (χ2n) is 6.29. The molecule has 0 saturated carbocycles. The first-order valence-corrected chi connectivity index (χ1v) is 9.48. The highest BCUT2D eigenvalue weighted by Gasteiger charge is 2.31. The summed E-state index contributed by atoms with van der Waals surface area (Å²) in [5.41, 5.74) is 1.12. The molecule has 1 aliphatic heterocycles. The number of ether oxygens (including phenoxy) is 1. The van der Waals surface area contributed by atoms with Gasteiger partial charge in [-0.1, -0.05) is 30.4 Å². The minimum atomic E-state index is -0.00354. The molecule has 4 rings (SSSR count). The van der Waals surface area contributed by atoms with Crippen molar-refractivity contribution >= 4 is 16.3 Å². The molecule has 1 aromatic carbocycles. The monoisotopic (exact) mass is 358 g/mol. The number of fused-ring (bicyclic) bond motifs is 1. The first kappa shape index (κ1) is 16.4. The molecule has 0 bridgehead atoms. The highest BCUT2D eigenvalue weighted by molar-refractivity contribution is 7.17. The van der Waals surface area contributed by atoms with Gasteiger partial charge in [-0.2, -0.15) is 4.52 Å². The van der Waals surface area contributed by atoms with Crippen molar-refractivity contribution < 1.29 is 9.84 Å². The van der Waals surface area contributed by atoms with Crippen LogP contribution in [0.1, 0.15) is 42.1 Å². The maximum absolute atomic E-state index is 10.8. The van der Waals surface area contributed by atoms with E-state index in [1.807, 2.05) is 19.1 Å². The van der Waals surface area contributed by atoms with Crippen molar-refractivity contribution in [2.24, 2.45) is 0 Å². The Hall–Kier alpha value is -2.12. The number of likely N-dealkylation sites (tertiary alicyclic amines) is 1. The predicted octanol–water partition coefficient (Wildman–Crippen LogP) is 3.25. The highest BCUT2D eigenvalue weighted by Crippen LogP contribution is 2.41. The van der Waals surface area contributed by atoms with Gasteiger partial charge in [0.2, 0.25) is 10.8 Å². The van der Waals surface area contributed by atoms with E-state index in [9.17, 15) is 5.11 Å². The number of hydrogen-bond donors (Lipinski definition) is 1. The molecule has 0 aliphatic carbocycles. The van der Waals surface area contributed by atoms with Crippen LogP contribution in [0, 0.1) is 0 Å². The van der Waals surface area contributed by atoms with Crippen molar-refractivity contribution in [2.75, 3.05) is 20.2 Å². The predicted molar refractivity (Wildman–Crippen MR) is 97.6 cm³/mol. The molecule has 3 aromatic rings. The third-order valence-corrected chi connectivity index (χ3v) is 5.80. The molecule has 0 unspecified atom stereocenters. The number of hydrogen-bond acceptors (Lipinski definition) is 6. The molecular weight excluding hydrogens is 336 g/mol. The lowest BCUT2D eigenvalue weighted by Gasteiger charge is -2.27. The minimum Gasteiger partial charge on any atom is -0.497 e. The maximum atomic E-state index is 10.8. The first-order chi connectivity index (χ1) is 12.2. The van der Waals surface area contributed by atoms with Crippen molar-refractivity contribution in [3.05, 3.63) is 40.5 Å². The van der Waals surface area contributed by atoms with Gasteiger partial charge in [-0.25, -0.2) is 4.98 Å². The van der Waals surface area contributed by atoms with Gasteiger partial charge in [-0.05, 0) is 43.6 Å². The van der Waals surface area contributed by atoms with Crippen LogP contribution < -0.4 is 4.74 Å². The third-order valence-electron chi connectivity index (χ3n) is 4.72. The molecule has 1 aliphatic rings. The Labute approximate surface area is 150 Å². The normalized spacial score (nSPS) is 16.6. The Morgan fingerprint density at radius 1 is 1.32 bits per heavy atom. The summed E-state index contributed by atoms with van der Waals surface area (Å²) < 4.78 is 6.97. The third kappa shape index (κ3) is 2.87. The summed E-state index contributed by atoms with van der Waals surface area (Å²) in [4.78, 5) is 8.58. The van der Waals surface area contributed by atoms with E-state index in [4.69, 9.17) is 4.74 Å². The second kappa shape index (κ2) is 6.65. The highest BCUT2D eigenvalue weighted by atomic mass is 32.1. The lowest BCUT2D eigenvalue weighted by molar-refractivity contribution is 0.276. The summed E-state index contributed by atoms with van der Waals surface area (Å²) in [7, 11) is 1.68. The van der Waals surface area contributed by atoms with Crippen LogP contribution in [0.2, 0.25) is 0 Å². The Morgan fingerprint density at radius 2 is 2.12 bits per heavy atom. The van der Waals surface area contributed by atoms with E-state index < -0.39 is 0 Å². The van der Waals surface area contributed by atoms with E-state index >= 15 is 0 Å². The molecule has 2 aromatic heterocycles. The lowest BCUT2D eigenvalue weighted by atomic mass is 10.0. The molecular formula is C18H22N4O2S. The van der Waals surface area contributed by atoms with Gasteiger partial charge in [0.15, 0.2) is 5.82 Å². The van der Waals surface area contributed by atoms with Crippen molar-refractivity contribution in [2.45, 2.75) is 32.2 Å². The van der Waals surface area contributed by atoms with Crippen molar-refractivity contribution in [3.63, 3.8) is 0 Å². The Balaban J connectivity index is 1.82. The summed E-state index contributed by atoms with van der Waals surface area (Å²) in [5.74, 6) is 1.79. The SMILES string of the molecule is CCc1nc2sc([C@H](c3cccc(OC)c3)N3CCCC3)c(O)n2n1. The van der Waals surface area contributed by atoms with Crippen molar-refractivity contribution in [3.8, 4) is 11.6 Å². The molecule has 1 N–H and O–H groups in total. The summed E-state index contributed by atoms with van der Waals surface area (Å²) in [6.45, 7) is 4.06. The number of rotatable bonds is 5. The average Bonchev–Trinajstić information content (AvgIpc) is 3.35. The quantitative estimate of drug-likeness (QED) is 0.758. The van der Waals surface area contributed by atoms with Crippen molar-refractivity contribution in [1.82, 2.24) is 19.5 Å². The minimum absolute atomic E-state index is 0.00354. The average molecular weight is 358 g/mol. The lowest BCUT2D eigenvalue weighted by Crippen LogP contribution is -2.26. The number of nitrogens with zero attached hydrogens (tertiary/aromatic N) is 4. The van der Waals surface area contributed by atoms with Gasteiger partial charge in [0.1, 0.15) is 5.75 Å². The second-order valence-corrected chi connectivity index (χ2v) is 7.30. The molecule has 0 spiro atoms. The fraction of sp³-hybridized carbons (Fsp3) is 0.444. The molecule has 132 valence electrons. The number of thiazole rings is 1. The van der Waals surface area contributed by atoms with Gasteiger partial charge < -0.3 is 9.84 Å². The maximum Gasteiger partial charge on any atom is 0.230 e. The Bertz CT molecular complexity index is 882. The molecule has 7 heteroatoms. The summed E-state index contributed by atoms with van der Waals surface area (Å²) in [6, 6.07) is 8.09. The van der Waals surface area contributed by atoms with E-state index in [2.05, 4.69) is 27.1 Å². The smallest absolute Gasteiger partial charge is 0.230 e. The van der Waals surface area contributed by atoms with E-state index in [0.717, 1.165) is 46.5 Å². The summed E-state index contributed by atoms with van der Waals surface area (Å²) >= 11 is 1.52. The Kier molecular flexibility index (Phi) is 4.35. The molecule has 1 fully saturated rings. The number of aromatic hydroxyl groups is 1. The Morgan fingerprint density at radius 3 is 2.80 bits per heavy atom. The number of aryl methyl sites for hydroxylation is 1. The van der Waals surface area contributed by atoms with Crippen LogP contribution >= 0.6 is 11.3 Å². The van der Waals surface area contributed by atoms with Crippen LogP contribution in [0.5, 0.6) is 11.6 Å². The summed E-state index contributed by atoms with van der Waals surface area (Å²) in [5, 5.41) is 15.2. The van der Waals surface area contributed by atoms with Crippen LogP contribution in [-0.2, 0) is 6.42 Å². The standard InChI is InChI=1S/C18H22N4O2S/c1-3-14-19-18-22(20-14)17(23)16(25-18)15(21-9-4-5-10-21)12-7-6-8-13(11-12)24-2/h6-8,11,15,23H,3-5,9-10H2,1-2H3/t15-/m0/s1. The topological polar surface area (TPSA) is 62.9 Å². The molecule has 3 heterocycles. The molecule has 0 amide bonds. The van der Waals surface area contributed by atoms with Gasteiger partial charge >= 0.3 is 0 Å². The zero-order chi connectivity index (χ0) is 17.4. The van der Waals surface area contributed by atoms with Gasteiger partial charge in [0.25, 0.3) is 0 Å². The number of aromatic nitrogens is 3. The fourth-order valence-electron chi connectivity index (χ4n) is 3.46. The largest absolute Gasteiger partial charge is 0.497 e. The summed E-state index contributed by atoms with van der Waals surface area (Å²) in [6.07, 6.45) is 3.12. The molecule has 1 atom stereocenters. The van der Waals surface area contributed by atoms with Gasteiger partial charge in [-0.3, -0.25) is 4.90 Å². The fourth-order valence-corrected chi connectivity index (χ4v) is 4.59. The molecule has 0 radical (unpaired) electrons. The van der Waals surface area contributed by atoms with E-state index in [0.29, 0.717) is 0 Å². The van der Waals surface area contributed by atoms with Crippen LogP contribution in [0.4, 0.5) is 0 Å². The van der Waals surface area contributed by atoms with E-state index in [-0.39, 0.29) is 11.9 Å².